The molecule has 1 N–H and O–H groups in total. The van der Waals surface area contributed by atoms with Crippen LogP contribution in [-0.2, 0) is 16.0 Å². The van der Waals surface area contributed by atoms with Gasteiger partial charge in [-0.05, 0) is 37.3 Å². The molecule has 4 atom stereocenters. The number of benzene rings is 1. The van der Waals surface area contributed by atoms with Crippen molar-refractivity contribution in [3.63, 3.8) is 0 Å². The van der Waals surface area contributed by atoms with Crippen molar-refractivity contribution in [3.05, 3.63) is 62.5 Å². The Morgan fingerprint density at radius 2 is 2.05 bits per heavy atom. The van der Waals surface area contributed by atoms with E-state index in [0.29, 0.717) is 18.0 Å². The van der Waals surface area contributed by atoms with Crippen LogP contribution in [0.3, 0.4) is 0 Å². The summed E-state index contributed by atoms with van der Waals surface area (Å²) in [6.45, 7) is 2.14. The first-order valence-corrected chi connectivity index (χ1v) is 13.3. The van der Waals surface area contributed by atoms with E-state index in [-0.39, 0.29) is 52.0 Å². The van der Waals surface area contributed by atoms with Crippen LogP contribution in [0.5, 0.6) is 5.75 Å². The van der Waals surface area contributed by atoms with Crippen molar-refractivity contribution in [1.82, 2.24) is 19.8 Å². The summed E-state index contributed by atoms with van der Waals surface area (Å²) in [4.78, 5) is 41.1. The molecule has 0 bridgehead atoms. The summed E-state index contributed by atoms with van der Waals surface area (Å²) in [7, 11) is 3.12. The minimum Gasteiger partial charge on any atom is -0.502 e. The van der Waals surface area contributed by atoms with E-state index in [1.54, 1.807) is 11.9 Å². The van der Waals surface area contributed by atoms with Crippen molar-refractivity contribution < 1.29 is 28.2 Å². The van der Waals surface area contributed by atoms with Gasteiger partial charge in [0.25, 0.3) is 5.91 Å². The molecule has 2 aromatic heterocycles. The Bertz CT molecular complexity index is 1590. The van der Waals surface area contributed by atoms with Gasteiger partial charge in [-0.2, -0.15) is 0 Å². The van der Waals surface area contributed by atoms with Crippen LogP contribution in [0, 0.1) is 29.4 Å². The monoisotopic (exact) mass is 557 g/mol. The zero-order chi connectivity index (χ0) is 27.8. The fraction of sp³-hybridized carbons (Fsp3) is 0.423. The molecule has 1 aliphatic heterocycles. The summed E-state index contributed by atoms with van der Waals surface area (Å²) in [6, 6.07) is 3.25. The number of aromatic hydroxyl groups is 1. The SMILES string of the molecule is CCN1C(=O)c2c(O)c(=O)c(-c3nnc(Cc4ccc(F)cc4F)s3)cn2N(C)C12CC[C@H]1[C@H](C(=O)OC)[C@H]12. The Kier molecular flexibility index (Phi) is 5.75. The fourth-order valence-corrected chi connectivity index (χ4v) is 7.45. The molecule has 204 valence electrons. The lowest BCUT2D eigenvalue weighted by Gasteiger charge is -2.54. The molecular weight excluding hydrogens is 532 g/mol. The fourth-order valence-electron chi connectivity index (χ4n) is 6.58. The van der Waals surface area contributed by atoms with E-state index in [1.807, 2.05) is 11.9 Å². The molecule has 0 saturated heterocycles. The van der Waals surface area contributed by atoms with E-state index >= 15 is 0 Å². The summed E-state index contributed by atoms with van der Waals surface area (Å²) in [5.41, 5.74) is -1.55. The molecule has 39 heavy (non-hydrogen) atoms. The van der Waals surface area contributed by atoms with Crippen LogP contribution in [0.15, 0.2) is 29.2 Å². The lowest BCUT2D eigenvalue weighted by atomic mass is 9.94. The Balaban J connectivity index is 1.41. The topological polar surface area (TPSA) is 118 Å². The molecule has 2 saturated carbocycles. The first-order chi connectivity index (χ1) is 18.6. The number of carbonyl (C=O) groups excluding carboxylic acids is 2. The van der Waals surface area contributed by atoms with Gasteiger partial charge < -0.3 is 14.7 Å². The molecule has 1 spiro atoms. The maximum Gasteiger partial charge on any atom is 0.309 e. The maximum absolute atomic E-state index is 14.2. The van der Waals surface area contributed by atoms with Crippen LogP contribution in [0.2, 0.25) is 0 Å². The van der Waals surface area contributed by atoms with E-state index in [2.05, 4.69) is 10.2 Å². The third kappa shape index (κ3) is 3.51. The van der Waals surface area contributed by atoms with Crippen LogP contribution < -0.4 is 10.4 Å². The normalized spacial score (nSPS) is 25.2. The number of methoxy groups -OCH3 is 1. The minimum atomic E-state index is -0.840. The molecule has 10 nitrogen and oxygen atoms in total. The van der Waals surface area contributed by atoms with Crippen molar-refractivity contribution in [1.29, 1.82) is 0 Å². The summed E-state index contributed by atoms with van der Waals surface area (Å²) >= 11 is 1.03. The Morgan fingerprint density at radius 3 is 2.74 bits per heavy atom. The number of pyridine rings is 1. The number of ether oxygens (including phenoxy) is 1. The molecule has 3 aromatic rings. The highest BCUT2D eigenvalue weighted by Gasteiger charge is 2.73. The van der Waals surface area contributed by atoms with Gasteiger partial charge in [-0.1, -0.05) is 17.4 Å². The van der Waals surface area contributed by atoms with Crippen LogP contribution in [0.1, 0.15) is 40.8 Å². The van der Waals surface area contributed by atoms with Crippen molar-refractivity contribution >= 4 is 23.2 Å². The van der Waals surface area contributed by atoms with E-state index < -0.39 is 34.4 Å². The summed E-state index contributed by atoms with van der Waals surface area (Å²) in [5.74, 6) is -3.35. The highest BCUT2D eigenvalue weighted by molar-refractivity contribution is 7.14. The van der Waals surface area contributed by atoms with Gasteiger partial charge in [0.15, 0.2) is 16.5 Å². The standard InChI is InChI=1S/C26H25F2N5O5S/c1-4-32-24(36)20-22(35)21(34)15(23-30-29-17(39-23)9-12-5-6-13(27)10-16(12)28)11-33(20)31(2)26(32)8-7-14-18(19(14)26)25(37)38-3/h5-6,10-11,14,18-19,35H,4,7-9H2,1-3H3/t14-,18-,19-,26?/m0/s1. The molecule has 3 aliphatic rings. The summed E-state index contributed by atoms with van der Waals surface area (Å²) < 4.78 is 33.9. The van der Waals surface area contributed by atoms with Crippen LogP contribution >= 0.6 is 11.3 Å². The number of nitrogens with zero attached hydrogens (tertiary/aromatic N) is 5. The van der Waals surface area contributed by atoms with E-state index in [9.17, 15) is 28.3 Å². The molecule has 13 heteroatoms. The highest BCUT2D eigenvalue weighted by Crippen LogP contribution is 2.65. The third-order valence-electron chi connectivity index (χ3n) is 8.35. The molecule has 0 radical (unpaired) electrons. The molecular formula is C26H25F2N5O5S. The van der Waals surface area contributed by atoms with Gasteiger partial charge in [-0.3, -0.25) is 24.1 Å². The second kappa shape index (κ2) is 8.83. The van der Waals surface area contributed by atoms with Gasteiger partial charge in [-0.25, -0.2) is 8.78 Å². The van der Waals surface area contributed by atoms with Crippen LogP contribution in [0.4, 0.5) is 8.78 Å². The predicted molar refractivity (Wildman–Crippen MR) is 136 cm³/mol. The number of esters is 1. The van der Waals surface area contributed by atoms with E-state index in [1.165, 1.54) is 24.0 Å². The first kappa shape index (κ1) is 25.4. The lowest BCUT2D eigenvalue weighted by molar-refractivity contribution is -0.143. The molecule has 6 rings (SSSR count). The largest absolute Gasteiger partial charge is 0.502 e. The van der Waals surface area contributed by atoms with Gasteiger partial charge in [-0.15, -0.1) is 10.2 Å². The number of aromatic nitrogens is 3. The summed E-state index contributed by atoms with van der Waals surface area (Å²) in [5, 5.41) is 21.5. The second-order valence-corrected chi connectivity index (χ2v) is 11.1. The number of amides is 1. The number of fused-ring (bicyclic) bond motifs is 3. The Hall–Kier alpha value is -3.87. The number of hydrogen-bond acceptors (Lipinski definition) is 9. The van der Waals surface area contributed by atoms with Crippen molar-refractivity contribution in [2.45, 2.75) is 31.8 Å². The average Bonchev–Trinajstić information content (AvgIpc) is 3.24. The summed E-state index contributed by atoms with van der Waals surface area (Å²) in [6.07, 6.45) is 2.83. The van der Waals surface area contributed by atoms with Crippen LogP contribution in [0.25, 0.3) is 10.6 Å². The minimum absolute atomic E-state index is 0.0224. The van der Waals surface area contributed by atoms with Gasteiger partial charge in [0.2, 0.25) is 5.43 Å². The zero-order valence-electron chi connectivity index (χ0n) is 21.4. The van der Waals surface area contributed by atoms with E-state index in [4.69, 9.17) is 4.74 Å². The number of rotatable bonds is 5. The third-order valence-corrected chi connectivity index (χ3v) is 9.31. The smallest absolute Gasteiger partial charge is 0.309 e. The van der Waals surface area contributed by atoms with Gasteiger partial charge in [0.1, 0.15) is 22.3 Å². The number of carbonyl (C=O) groups is 2. The molecule has 2 fully saturated rings. The molecule has 1 unspecified atom stereocenters. The van der Waals surface area contributed by atoms with E-state index in [0.717, 1.165) is 29.9 Å². The molecule has 3 heterocycles. The van der Waals surface area contributed by atoms with Gasteiger partial charge in [0, 0.05) is 38.2 Å². The van der Waals surface area contributed by atoms with Gasteiger partial charge >= 0.3 is 5.97 Å². The number of hydrogen-bond donors (Lipinski definition) is 1. The second-order valence-electron chi connectivity index (χ2n) is 10.1. The lowest BCUT2D eigenvalue weighted by Crippen LogP contribution is -2.70. The zero-order valence-corrected chi connectivity index (χ0v) is 22.2. The molecule has 1 amide bonds. The van der Waals surface area contributed by atoms with Crippen molar-refractivity contribution in [2.75, 3.05) is 25.7 Å². The Labute approximate surface area is 225 Å². The predicted octanol–water partition coefficient (Wildman–Crippen LogP) is 2.51. The first-order valence-electron chi connectivity index (χ1n) is 12.5. The maximum atomic E-state index is 14.2. The van der Waals surface area contributed by atoms with Crippen LogP contribution in [-0.4, -0.2) is 63.1 Å². The quantitative estimate of drug-likeness (QED) is 0.476. The van der Waals surface area contributed by atoms with Gasteiger partial charge in [0.05, 0.1) is 18.6 Å². The molecule has 1 aromatic carbocycles. The number of halogens is 2. The molecule has 2 aliphatic carbocycles. The Morgan fingerprint density at radius 1 is 1.28 bits per heavy atom. The van der Waals surface area contributed by atoms with Crippen molar-refractivity contribution in [2.24, 2.45) is 17.8 Å². The average molecular weight is 558 g/mol. The highest BCUT2D eigenvalue weighted by atomic mass is 32.1. The van der Waals surface area contributed by atoms with Crippen molar-refractivity contribution in [3.8, 4) is 16.3 Å².